The number of unbranched alkanes of at least 4 members (excludes halogenated alkanes) is 2. The van der Waals surface area contributed by atoms with Crippen LogP contribution >= 0.6 is 11.3 Å². The maximum Gasteiger partial charge on any atom is 0.226 e. The zero-order valence-electron chi connectivity index (χ0n) is 12.9. The van der Waals surface area contributed by atoms with Crippen LogP contribution in [0.5, 0.6) is 0 Å². The number of hydrogen-bond donors (Lipinski definition) is 2. The summed E-state index contributed by atoms with van der Waals surface area (Å²) in [5, 5.41) is 6.27. The smallest absolute Gasteiger partial charge is 0.226 e. The van der Waals surface area contributed by atoms with Gasteiger partial charge in [-0.15, -0.1) is 0 Å². The molecule has 2 amide bonds. The van der Waals surface area contributed by atoms with E-state index in [1.165, 1.54) is 18.3 Å². The van der Waals surface area contributed by atoms with Crippen molar-refractivity contribution in [3.63, 3.8) is 0 Å². The van der Waals surface area contributed by atoms with Crippen LogP contribution in [0.4, 0.5) is 5.13 Å². The summed E-state index contributed by atoms with van der Waals surface area (Å²) >= 11 is 1.50. The second-order valence-corrected chi connectivity index (χ2v) is 6.31. The van der Waals surface area contributed by atoms with Crippen molar-refractivity contribution in [2.24, 2.45) is 0 Å². The van der Waals surface area contributed by atoms with E-state index in [4.69, 9.17) is 0 Å². The Kier molecular flexibility index (Phi) is 5.89. The molecule has 1 aromatic carbocycles. The summed E-state index contributed by atoms with van der Waals surface area (Å²) in [6.07, 6.45) is 3.12. The van der Waals surface area contributed by atoms with Gasteiger partial charge in [-0.25, -0.2) is 4.98 Å². The van der Waals surface area contributed by atoms with Gasteiger partial charge in [0, 0.05) is 19.9 Å². The van der Waals surface area contributed by atoms with Crippen LogP contribution in [0.3, 0.4) is 0 Å². The number of carbonyl (C=O) groups excluding carboxylic acids is 2. The highest BCUT2D eigenvalue weighted by Gasteiger charge is 2.08. The van der Waals surface area contributed by atoms with Crippen LogP contribution in [0.1, 0.15) is 38.2 Å². The molecule has 0 fully saturated rings. The van der Waals surface area contributed by atoms with E-state index < -0.39 is 0 Å². The Morgan fingerprint density at radius 2 is 2.05 bits per heavy atom. The van der Waals surface area contributed by atoms with Crippen molar-refractivity contribution in [2.75, 3.05) is 11.9 Å². The molecular weight excluding hydrogens is 298 g/mol. The summed E-state index contributed by atoms with van der Waals surface area (Å²) in [5.74, 6) is -0.0138. The highest BCUT2D eigenvalue weighted by atomic mass is 32.1. The van der Waals surface area contributed by atoms with Crippen molar-refractivity contribution >= 4 is 38.5 Å². The number of rotatable bonds is 7. The lowest BCUT2D eigenvalue weighted by Gasteiger charge is -2.03. The number of anilines is 1. The molecule has 6 heteroatoms. The molecule has 0 radical (unpaired) electrons. The molecule has 5 nitrogen and oxygen atoms in total. The third kappa shape index (κ3) is 4.80. The fraction of sp³-hybridized carbons (Fsp3) is 0.438. The first kappa shape index (κ1) is 16.4. The van der Waals surface area contributed by atoms with E-state index in [0.717, 1.165) is 35.0 Å². The van der Waals surface area contributed by atoms with Crippen molar-refractivity contribution in [1.29, 1.82) is 0 Å². The Bertz CT molecular complexity index is 666. The van der Waals surface area contributed by atoms with Crippen molar-refractivity contribution in [3.8, 4) is 0 Å². The van der Waals surface area contributed by atoms with Crippen molar-refractivity contribution in [2.45, 2.75) is 39.5 Å². The molecule has 0 aliphatic carbocycles. The Morgan fingerprint density at radius 1 is 1.23 bits per heavy atom. The molecule has 2 N–H and O–H groups in total. The molecular formula is C16H21N3O2S. The van der Waals surface area contributed by atoms with Crippen molar-refractivity contribution in [3.05, 3.63) is 23.8 Å². The van der Waals surface area contributed by atoms with Gasteiger partial charge >= 0.3 is 0 Å². The number of fused-ring (bicyclic) bond motifs is 1. The van der Waals surface area contributed by atoms with Crippen molar-refractivity contribution in [1.82, 2.24) is 10.3 Å². The summed E-state index contributed by atoms with van der Waals surface area (Å²) in [5.41, 5.74) is 2.07. The topological polar surface area (TPSA) is 71.1 Å². The number of nitrogens with one attached hydrogen (secondary N) is 2. The molecule has 118 valence electrons. The lowest BCUT2D eigenvalue weighted by Crippen LogP contribution is -2.20. The predicted octanol–water partition coefficient (Wildman–Crippen LogP) is 3.24. The molecule has 0 atom stereocenters. The summed E-state index contributed by atoms with van der Waals surface area (Å²) in [6.45, 7) is 4.20. The minimum Gasteiger partial charge on any atom is -0.356 e. The summed E-state index contributed by atoms with van der Waals surface area (Å²) in [6, 6.07) is 6.02. The van der Waals surface area contributed by atoms with Gasteiger partial charge in [0.15, 0.2) is 5.13 Å². The number of carbonyl (C=O) groups is 2. The fourth-order valence-corrected chi connectivity index (χ4v) is 3.13. The molecule has 2 rings (SSSR count). The highest BCUT2D eigenvalue weighted by Crippen LogP contribution is 2.27. The van der Waals surface area contributed by atoms with Gasteiger partial charge in [0.1, 0.15) is 0 Å². The molecule has 1 aromatic heterocycles. The molecule has 0 spiro atoms. The largest absolute Gasteiger partial charge is 0.356 e. The van der Waals surface area contributed by atoms with Gasteiger partial charge in [-0.1, -0.05) is 29.9 Å². The molecule has 0 aliphatic rings. The number of para-hydroxylation sites is 1. The number of aromatic nitrogens is 1. The van der Waals surface area contributed by atoms with Crippen LogP contribution in [0, 0.1) is 6.92 Å². The summed E-state index contributed by atoms with van der Waals surface area (Å²) in [4.78, 5) is 27.1. The third-order valence-corrected chi connectivity index (χ3v) is 4.26. The molecule has 2 aromatic rings. The van der Waals surface area contributed by atoms with Gasteiger partial charge in [-0.05, 0) is 31.4 Å². The zero-order valence-corrected chi connectivity index (χ0v) is 13.8. The normalized spacial score (nSPS) is 10.6. The Balaban J connectivity index is 1.74. The molecule has 0 saturated heterocycles. The third-order valence-electron chi connectivity index (χ3n) is 3.32. The van der Waals surface area contributed by atoms with Gasteiger partial charge in [0.2, 0.25) is 11.8 Å². The maximum atomic E-state index is 11.9. The standard InChI is InChI=1S/C16H21N3O2S/c1-11-7-6-8-13-15(11)19-16(22-13)18-14(21)9-4-3-5-10-17-12(2)20/h6-8H,3-5,9-10H2,1-2H3,(H,17,20)(H,18,19,21). The van der Waals surface area contributed by atoms with E-state index in [-0.39, 0.29) is 11.8 Å². The van der Waals surface area contributed by atoms with E-state index in [0.29, 0.717) is 18.1 Å². The van der Waals surface area contributed by atoms with E-state index >= 15 is 0 Å². The molecule has 0 unspecified atom stereocenters. The number of nitrogens with zero attached hydrogens (tertiary/aromatic N) is 1. The minimum absolute atomic E-state index is 0.00348. The van der Waals surface area contributed by atoms with Crippen LogP contribution in [0.2, 0.25) is 0 Å². The predicted molar refractivity (Wildman–Crippen MR) is 90.1 cm³/mol. The van der Waals surface area contributed by atoms with Crippen LogP contribution in [0.15, 0.2) is 18.2 Å². The highest BCUT2D eigenvalue weighted by molar-refractivity contribution is 7.22. The van der Waals surface area contributed by atoms with Gasteiger partial charge in [-0.2, -0.15) is 0 Å². The monoisotopic (exact) mass is 319 g/mol. The van der Waals surface area contributed by atoms with Crippen LogP contribution in [-0.4, -0.2) is 23.3 Å². The zero-order chi connectivity index (χ0) is 15.9. The summed E-state index contributed by atoms with van der Waals surface area (Å²) in [7, 11) is 0. The fourth-order valence-electron chi connectivity index (χ4n) is 2.17. The van der Waals surface area contributed by atoms with Gasteiger partial charge in [-0.3, -0.25) is 9.59 Å². The van der Waals surface area contributed by atoms with Crippen LogP contribution in [-0.2, 0) is 9.59 Å². The first-order valence-electron chi connectivity index (χ1n) is 7.46. The van der Waals surface area contributed by atoms with Gasteiger partial charge in [0.05, 0.1) is 10.2 Å². The maximum absolute atomic E-state index is 11.9. The summed E-state index contributed by atoms with van der Waals surface area (Å²) < 4.78 is 1.09. The lowest BCUT2D eigenvalue weighted by molar-refractivity contribution is -0.119. The van der Waals surface area contributed by atoms with E-state index in [1.54, 1.807) is 0 Å². The average molecular weight is 319 g/mol. The molecule has 22 heavy (non-hydrogen) atoms. The van der Waals surface area contributed by atoms with E-state index in [9.17, 15) is 9.59 Å². The first-order chi connectivity index (χ1) is 10.6. The molecule has 0 bridgehead atoms. The Hall–Kier alpha value is -1.95. The SMILES string of the molecule is CC(=O)NCCCCCC(=O)Nc1nc2c(C)cccc2s1. The van der Waals surface area contributed by atoms with Gasteiger partial charge < -0.3 is 10.6 Å². The second-order valence-electron chi connectivity index (χ2n) is 5.28. The van der Waals surface area contributed by atoms with Crippen LogP contribution in [0.25, 0.3) is 10.2 Å². The number of aryl methyl sites for hydroxylation is 1. The number of thiazole rings is 1. The Morgan fingerprint density at radius 3 is 2.77 bits per heavy atom. The van der Waals surface area contributed by atoms with Crippen molar-refractivity contribution < 1.29 is 9.59 Å². The lowest BCUT2D eigenvalue weighted by atomic mass is 10.2. The second kappa shape index (κ2) is 7.89. The molecule has 1 heterocycles. The first-order valence-corrected chi connectivity index (χ1v) is 8.28. The average Bonchev–Trinajstić information content (AvgIpc) is 2.86. The van der Waals surface area contributed by atoms with Crippen LogP contribution < -0.4 is 10.6 Å². The van der Waals surface area contributed by atoms with Gasteiger partial charge in [0.25, 0.3) is 0 Å². The van der Waals surface area contributed by atoms with E-state index in [1.807, 2.05) is 25.1 Å². The minimum atomic E-state index is -0.0103. The quantitative estimate of drug-likeness (QED) is 0.770. The number of amides is 2. The number of benzene rings is 1. The molecule has 0 saturated carbocycles. The number of hydrogen-bond acceptors (Lipinski definition) is 4. The molecule has 0 aliphatic heterocycles. The van der Waals surface area contributed by atoms with E-state index in [2.05, 4.69) is 15.6 Å². The Labute approximate surface area is 134 Å².